The predicted octanol–water partition coefficient (Wildman–Crippen LogP) is 3.76. The van der Waals surface area contributed by atoms with Gasteiger partial charge < -0.3 is 4.52 Å². The van der Waals surface area contributed by atoms with Crippen molar-refractivity contribution in [2.75, 3.05) is 26.2 Å². The molecular weight excluding hydrogens is 385 g/mol. The summed E-state index contributed by atoms with van der Waals surface area (Å²) >= 11 is 11.8. The van der Waals surface area contributed by atoms with E-state index < -0.39 is 0 Å². The Morgan fingerprint density at radius 2 is 1.59 bits per heavy atom. The van der Waals surface area contributed by atoms with Crippen LogP contribution < -0.4 is 0 Å². The van der Waals surface area contributed by atoms with Crippen molar-refractivity contribution in [1.29, 1.82) is 0 Å². The Morgan fingerprint density at radius 1 is 0.889 bits per heavy atom. The first kappa shape index (κ1) is 18.4. The maximum atomic E-state index is 5.92. The molecule has 1 saturated heterocycles. The monoisotopic (exact) mass is 403 g/mol. The molecule has 1 aliphatic heterocycles. The summed E-state index contributed by atoms with van der Waals surface area (Å²) in [5, 5.41) is 5.29. The molecule has 6 nitrogen and oxygen atoms in total. The molecule has 0 saturated carbocycles. The fourth-order valence-electron chi connectivity index (χ4n) is 3.09. The molecule has 3 aromatic rings. The Balaban J connectivity index is 1.29. The molecule has 0 atom stereocenters. The van der Waals surface area contributed by atoms with Crippen molar-refractivity contribution in [2.45, 2.75) is 13.1 Å². The van der Waals surface area contributed by atoms with Gasteiger partial charge in [-0.25, -0.2) is 4.98 Å². The highest BCUT2D eigenvalue weighted by Gasteiger charge is 2.19. The summed E-state index contributed by atoms with van der Waals surface area (Å²) in [6.07, 6.45) is 1.84. The van der Waals surface area contributed by atoms with Crippen LogP contribution in [0.2, 0.25) is 10.2 Å². The van der Waals surface area contributed by atoms with Gasteiger partial charge in [-0.05, 0) is 35.9 Å². The quantitative estimate of drug-likeness (QED) is 0.604. The van der Waals surface area contributed by atoms with E-state index >= 15 is 0 Å². The fourth-order valence-corrected chi connectivity index (χ4v) is 3.33. The van der Waals surface area contributed by atoms with Gasteiger partial charge in [-0.3, -0.25) is 9.80 Å². The predicted molar refractivity (Wildman–Crippen MR) is 105 cm³/mol. The molecule has 0 radical (unpaired) electrons. The van der Waals surface area contributed by atoms with Crippen LogP contribution in [0.4, 0.5) is 0 Å². The Labute approximate surface area is 167 Å². The Bertz CT molecular complexity index is 874. The normalized spacial score (nSPS) is 15.9. The van der Waals surface area contributed by atoms with E-state index in [9.17, 15) is 0 Å². The fraction of sp³-hybridized carbons (Fsp3) is 0.316. The number of hydrogen-bond acceptors (Lipinski definition) is 6. The third-order valence-corrected chi connectivity index (χ3v) is 5.06. The first-order valence-corrected chi connectivity index (χ1v) is 9.55. The zero-order valence-electron chi connectivity index (χ0n) is 14.7. The number of nitrogens with zero attached hydrogens (tertiary/aromatic N) is 5. The molecule has 1 fully saturated rings. The number of aromatic nitrogens is 3. The van der Waals surface area contributed by atoms with Crippen molar-refractivity contribution in [3.8, 4) is 11.4 Å². The maximum Gasteiger partial charge on any atom is 0.241 e. The second-order valence-corrected chi connectivity index (χ2v) is 7.38. The maximum absolute atomic E-state index is 5.92. The van der Waals surface area contributed by atoms with Crippen LogP contribution in [0.25, 0.3) is 11.4 Å². The number of benzene rings is 1. The smallest absolute Gasteiger partial charge is 0.241 e. The van der Waals surface area contributed by atoms with E-state index in [2.05, 4.69) is 24.9 Å². The van der Waals surface area contributed by atoms with Crippen LogP contribution in [0.5, 0.6) is 0 Å². The molecule has 1 aromatic carbocycles. The number of piperazine rings is 1. The van der Waals surface area contributed by atoms with Crippen LogP contribution in [-0.2, 0) is 13.1 Å². The highest BCUT2D eigenvalue weighted by atomic mass is 35.5. The molecule has 0 aliphatic carbocycles. The lowest BCUT2D eigenvalue weighted by atomic mass is 10.2. The number of rotatable bonds is 5. The second kappa shape index (κ2) is 8.35. The molecule has 140 valence electrons. The molecule has 27 heavy (non-hydrogen) atoms. The van der Waals surface area contributed by atoms with E-state index in [0.717, 1.165) is 38.3 Å². The third kappa shape index (κ3) is 4.84. The molecule has 3 heterocycles. The molecule has 0 unspecified atom stereocenters. The van der Waals surface area contributed by atoms with Crippen LogP contribution in [-0.4, -0.2) is 51.1 Å². The van der Waals surface area contributed by atoms with Crippen molar-refractivity contribution in [2.24, 2.45) is 0 Å². The largest absolute Gasteiger partial charge is 0.338 e. The molecule has 0 amide bonds. The zero-order valence-corrected chi connectivity index (χ0v) is 16.2. The van der Waals surface area contributed by atoms with Gasteiger partial charge in [0.25, 0.3) is 0 Å². The highest BCUT2D eigenvalue weighted by molar-refractivity contribution is 6.30. The number of halogens is 2. The summed E-state index contributed by atoms with van der Waals surface area (Å²) in [6, 6.07) is 11.3. The van der Waals surface area contributed by atoms with Gasteiger partial charge in [-0.1, -0.05) is 34.4 Å². The number of pyridine rings is 1. The highest BCUT2D eigenvalue weighted by Crippen LogP contribution is 2.19. The summed E-state index contributed by atoms with van der Waals surface area (Å²) in [4.78, 5) is 13.4. The van der Waals surface area contributed by atoms with E-state index in [4.69, 9.17) is 27.7 Å². The Morgan fingerprint density at radius 3 is 2.26 bits per heavy atom. The topological polar surface area (TPSA) is 58.3 Å². The van der Waals surface area contributed by atoms with Crippen LogP contribution in [0.1, 0.15) is 11.5 Å². The average Bonchev–Trinajstić information content (AvgIpc) is 3.14. The van der Waals surface area contributed by atoms with E-state index in [0.29, 0.717) is 28.4 Å². The molecular formula is C19H19Cl2N5O. The SMILES string of the molecule is Clc1ccc(-c2noc(CN3CCN(Cc4ccc(Cl)nc4)CC3)n2)cc1. The molecule has 4 rings (SSSR count). The summed E-state index contributed by atoms with van der Waals surface area (Å²) in [5.41, 5.74) is 2.08. The van der Waals surface area contributed by atoms with Gasteiger partial charge in [0.2, 0.25) is 11.7 Å². The summed E-state index contributed by atoms with van der Waals surface area (Å²) < 4.78 is 5.42. The first-order valence-electron chi connectivity index (χ1n) is 8.79. The van der Waals surface area contributed by atoms with Crippen LogP contribution >= 0.6 is 23.2 Å². The van der Waals surface area contributed by atoms with Gasteiger partial charge in [0, 0.05) is 49.5 Å². The van der Waals surface area contributed by atoms with Crippen molar-refractivity contribution in [3.63, 3.8) is 0 Å². The summed E-state index contributed by atoms with van der Waals surface area (Å²) in [5.74, 6) is 1.23. The van der Waals surface area contributed by atoms with Gasteiger partial charge in [0.15, 0.2) is 0 Å². The minimum Gasteiger partial charge on any atom is -0.338 e. The van der Waals surface area contributed by atoms with Gasteiger partial charge >= 0.3 is 0 Å². The third-order valence-electron chi connectivity index (χ3n) is 4.59. The average molecular weight is 404 g/mol. The summed E-state index contributed by atoms with van der Waals surface area (Å²) in [6.45, 7) is 5.44. The molecule has 0 N–H and O–H groups in total. The van der Waals surface area contributed by atoms with Crippen molar-refractivity contribution < 1.29 is 4.52 Å². The lowest BCUT2D eigenvalue weighted by molar-refractivity contribution is 0.112. The molecule has 2 aromatic heterocycles. The number of hydrogen-bond donors (Lipinski definition) is 0. The minimum absolute atomic E-state index is 0.529. The van der Waals surface area contributed by atoms with Crippen LogP contribution in [0.3, 0.4) is 0 Å². The summed E-state index contributed by atoms with van der Waals surface area (Å²) in [7, 11) is 0. The zero-order chi connectivity index (χ0) is 18.6. The van der Waals surface area contributed by atoms with E-state index in [1.165, 1.54) is 5.56 Å². The first-order chi connectivity index (χ1) is 13.2. The van der Waals surface area contributed by atoms with Crippen LogP contribution in [0.15, 0.2) is 47.1 Å². The van der Waals surface area contributed by atoms with Gasteiger partial charge in [0.05, 0.1) is 6.54 Å². The lowest BCUT2D eigenvalue weighted by Crippen LogP contribution is -2.45. The molecule has 8 heteroatoms. The van der Waals surface area contributed by atoms with E-state index in [-0.39, 0.29) is 0 Å². The lowest BCUT2D eigenvalue weighted by Gasteiger charge is -2.33. The van der Waals surface area contributed by atoms with Crippen molar-refractivity contribution in [1.82, 2.24) is 24.9 Å². The van der Waals surface area contributed by atoms with E-state index in [1.807, 2.05) is 42.6 Å². The van der Waals surface area contributed by atoms with Gasteiger partial charge in [-0.2, -0.15) is 4.98 Å². The molecule has 1 aliphatic rings. The van der Waals surface area contributed by atoms with Gasteiger partial charge in [-0.15, -0.1) is 0 Å². The minimum atomic E-state index is 0.529. The Hall–Kier alpha value is -1.99. The van der Waals surface area contributed by atoms with Gasteiger partial charge in [0.1, 0.15) is 5.15 Å². The van der Waals surface area contributed by atoms with E-state index in [1.54, 1.807) is 0 Å². The standard InChI is InChI=1S/C19H19Cl2N5O/c20-16-4-2-15(3-5-16)19-23-18(27-24-19)13-26-9-7-25(8-10-26)12-14-1-6-17(21)22-11-14/h1-6,11H,7-10,12-13H2. The van der Waals surface area contributed by atoms with Crippen LogP contribution in [0, 0.1) is 0 Å². The molecule has 0 spiro atoms. The second-order valence-electron chi connectivity index (χ2n) is 6.56. The van der Waals surface area contributed by atoms with Crippen molar-refractivity contribution >= 4 is 23.2 Å². The Kier molecular flexibility index (Phi) is 5.69. The molecule has 0 bridgehead atoms. The van der Waals surface area contributed by atoms with Crippen molar-refractivity contribution in [3.05, 3.63) is 64.2 Å².